The number of benzene rings is 1. The molecule has 3 aromatic rings. The molecule has 0 saturated carbocycles. The molecule has 0 fully saturated rings. The van der Waals surface area contributed by atoms with Gasteiger partial charge in [0.15, 0.2) is 5.58 Å². The van der Waals surface area contributed by atoms with Crippen LogP contribution in [0.5, 0.6) is 5.88 Å². The van der Waals surface area contributed by atoms with E-state index in [9.17, 15) is 9.59 Å². The highest BCUT2D eigenvalue weighted by Crippen LogP contribution is 2.25. The summed E-state index contributed by atoms with van der Waals surface area (Å²) in [7, 11) is 0. The fraction of sp³-hybridized carbons (Fsp3) is 0.483. The van der Waals surface area contributed by atoms with Crippen LogP contribution in [0.4, 0.5) is 0 Å². The normalized spacial score (nSPS) is 11.5. The van der Waals surface area contributed by atoms with Gasteiger partial charge in [-0.1, -0.05) is 56.9 Å². The van der Waals surface area contributed by atoms with Crippen LogP contribution in [0.1, 0.15) is 71.3 Å². The summed E-state index contributed by atoms with van der Waals surface area (Å²) in [6.07, 6.45) is 8.54. The number of aryl methyl sites for hydroxylation is 1. The van der Waals surface area contributed by atoms with E-state index in [-0.39, 0.29) is 11.6 Å². The number of unbranched alkanes of at least 4 members (excludes halogenated alkanes) is 5. The van der Waals surface area contributed by atoms with Gasteiger partial charge in [0.25, 0.3) is 0 Å². The first-order valence-corrected chi connectivity index (χ1v) is 12.6. The summed E-state index contributed by atoms with van der Waals surface area (Å²) in [5, 5.41) is 0.788. The van der Waals surface area contributed by atoms with Crippen molar-refractivity contribution in [2.24, 2.45) is 5.41 Å². The van der Waals surface area contributed by atoms with E-state index in [2.05, 4.69) is 4.98 Å². The number of carbonyl (C=O) groups excluding carboxylic acids is 1. The Labute approximate surface area is 207 Å². The molecule has 0 spiro atoms. The van der Waals surface area contributed by atoms with E-state index < -0.39 is 5.41 Å². The molecule has 0 unspecified atom stereocenters. The molecule has 6 nitrogen and oxygen atoms in total. The topological polar surface area (TPSA) is 78.6 Å². The highest BCUT2D eigenvalue weighted by atomic mass is 16.5. The summed E-state index contributed by atoms with van der Waals surface area (Å²) in [6, 6.07) is 11.4. The molecule has 0 radical (unpaired) electrons. The van der Waals surface area contributed by atoms with Crippen molar-refractivity contribution in [2.75, 3.05) is 13.2 Å². The number of fused-ring (bicyclic) bond motifs is 1. The third-order valence-electron chi connectivity index (χ3n) is 6.49. The number of carbonyl (C=O) groups is 1. The number of hydrogen-bond acceptors (Lipinski definition) is 6. The van der Waals surface area contributed by atoms with Gasteiger partial charge in [0, 0.05) is 11.5 Å². The van der Waals surface area contributed by atoms with Crippen LogP contribution in [0.15, 0.2) is 51.8 Å². The molecule has 2 aromatic heterocycles. The maximum Gasteiger partial charge on any atom is 0.344 e. The SMILES string of the molecule is CCC(C)(C)C(=O)OCCCCCCCCOc1cc2cc(-c3ccccc3C)c(=O)oc2cn1. The predicted octanol–water partition coefficient (Wildman–Crippen LogP) is 6.86. The van der Waals surface area contributed by atoms with E-state index in [1.165, 1.54) is 0 Å². The third-order valence-corrected chi connectivity index (χ3v) is 6.49. The second kappa shape index (κ2) is 12.5. The molecule has 3 rings (SSSR count). The molecule has 0 saturated heterocycles. The van der Waals surface area contributed by atoms with E-state index in [4.69, 9.17) is 13.9 Å². The summed E-state index contributed by atoms with van der Waals surface area (Å²) in [6.45, 7) is 8.91. The molecular weight excluding hydrogens is 442 g/mol. The van der Waals surface area contributed by atoms with E-state index in [1.54, 1.807) is 6.20 Å². The van der Waals surface area contributed by atoms with Crippen molar-refractivity contribution < 1.29 is 18.7 Å². The van der Waals surface area contributed by atoms with Crippen LogP contribution in [0, 0.1) is 12.3 Å². The Morgan fingerprint density at radius 2 is 1.66 bits per heavy atom. The molecule has 0 aliphatic rings. The van der Waals surface area contributed by atoms with E-state index in [1.807, 2.05) is 64.1 Å². The third kappa shape index (κ3) is 7.41. The Morgan fingerprint density at radius 1 is 0.971 bits per heavy atom. The van der Waals surface area contributed by atoms with Crippen molar-refractivity contribution in [3.8, 4) is 17.0 Å². The number of ether oxygens (including phenoxy) is 2. The standard InChI is InChI=1S/C29H37NO5/c1-5-29(3,4)28(32)34-17-13-9-7-6-8-12-16-33-26-19-22-18-24(23-15-11-10-14-21(23)2)27(31)35-25(22)20-30-26/h10-11,14-15,18-20H,5-9,12-13,16-17H2,1-4H3. The minimum absolute atomic E-state index is 0.104. The fourth-order valence-electron chi connectivity index (χ4n) is 3.74. The molecule has 188 valence electrons. The Hall–Kier alpha value is -3.15. The maximum atomic E-state index is 12.5. The second-order valence-electron chi connectivity index (χ2n) is 9.67. The van der Waals surface area contributed by atoms with Crippen LogP contribution < -0.4 is 10.4 Å². The van der Waals surface area contributed by atoms with Gasteiger partial charge in [-0.3, -0.25) is 4.79 Å². The summed E-state index contributed by atoms with van der Waals surface area (Å²) in [4.78, 5) is 28.7. The molecule has 6 heteroatoms. The Morgan fingerprint density at radius 3 is 2.37 bits per heavy atom. The summed E-state index contributed by atoms with van der Waals surface area (Å²) in [5.74, 6) is 0.423. The molecule has 0 amide bonds. The van der Waals surface area contributed by atoms with Gasteiger partial charge in [0.05, 0.1) is 30.4 Å². The van der Waals surface area contributed by atoms with Crippen LogP contribution in [0.2, 0.25) is 0 Å². The number of pyridine rings is 1. The molecule has 0 N–H and O–H groups in total. The lowest BCUT2D eigenvalue weighted by molar-refractivity contribution is -0.154. The van der Waals surface area contributed by atoms with E-state index in [0.717, 1.165) is 61.5 Å². The zero-order chi connectivity index (χ0) is 25.3. The minimum Gasteiger partial charge on any atom is -0.478 e. The highest BCUT2D eigenvalue weighted by Gasteiger charge is 2.26. The molecule has 0 aliphatic heterocycles. The first kappa shape index (κ1) is 26.5. The van der Waals surface area contributed by atoms with Gasteiger partial charge in [0.2, 0.25) is 5.88 Å². The van der Waals surface area contributed by atoms with Gasteiger partial charge in [0.1, 0.15) is 0 Å². The number of aromatic nitrogens is 1. The molecule has 1 aromatic carbocycles. The monoisotopic (exact) mass is 479 g/mol. The van der Waals surface area contributed by atoms with E-state index in [0.29, 0.717) is 30.2 Å². The lowest BCUT2D eigenvalue weighted by atomic mass is 9.91. The fourth-order valence-corrected chi connectivity index (χ4v) is 3.74. The maximum absolute atomic E-state index is 12.5. The first-order chi connectivity index (χ1) is 16.8. The van der Waals surface area contributed by atoms with Crippen molar-refractivity contribution in [1.29, 1.82) is 0 Å². The van der Waals surface area contributed by atoms with Crippen LogP contribution in [-0.2, 0) is 9.53 Å². The van der Waals surface area contributed by atoms with Gasteiger partial charge in [-0.25, -0.2) is 9.78 Å². The summed E-state index contributed by atoms with van der Waals surface area (Å²) in [5.41, 5.74) is 2.11. The van der Waals surface area contributed by atoms with E-state index >= 15 is 0 Å². The van der Waals surface area contributed by atoms with Crippen LogP contribution in [0.3, 0.4) is 0 Å². The van der Waals surface area contributed by atoms with Crippen LogP contribution in [0.25, 0.3) is 22.1 Å². The molecular formula is C29H37NO5. The number of hydrogen-bond donors (Lipinski definition) is 0. The van der Waals surface area contributed by atoms with Gasteiger partial charge in [-0.05, 0) is 57.2 Å². The average molecular weight is 480 g/mol. The number of rotatable bonds is 13. The average Bonchev–Trinajstić information content (AvgIpc) is 2.85. The summed E-state index contributed by atoms with van der Waals surface area (Å²) < 4.78 is 16.7. The predicted molar refractivity (Wildman–Crippen MR) is 139 cm³/mol. The molecule has 0 aliphatic carbocycles. The second-order valence-corrected chi connectivity index (χ2v) is 9.67. The lowest BCUT2D eigenvalue weighted by Crippen LogP contribution is -2.26. The van der Waals surface area contributed by atoms with Crippen molar-refractivity contribution in [3.63, 3.8) is 0 Å². The van der Waals surface area contributed by atoms with Gasteiger partial charge < -0.3 is 13.9 Å². The summed E-state index contributed by atoms with van der Waals surface area (Å²) >= 11 is 0. The largest absolute Gasteiger partial charge is 0.478 e. The molecule has 2 heterocycles. The van der Waals surface area contributed by atoms with Crippen molar-refractivity contribution in [1.82, 2.24) is 4.98 Å². The zero-order valence-corrected chi connectivity index (χ0v) is 21.4. The van der Waals surface area contributed by atoms with Gasteiger partial charge >= 0.3 is 11.6 Å². The van der Waals surface area contributed by atoms with Gasteiger partial charge in [-0.15, -0.1) is 0 Å². The molecule has 0 bridgehead atoms. The number of nitrogens with zero attached hydrogens (tertiary/aromatic N) is 1. The smallest absolute Gasteiger partial charge is 0.344 e. The minimum atomic E-state index is -0.392. The van der Waals surface area contributed by atoms with Crippen LogP contribution in [-0.4, -0.2) is 24.2 Å². The van der Waals surface area contributed by atoms with Crippen molar-refractivity contribution in [3.05, 3.63) is 58.6 Å². The number of esters is 1. The highest BCUT2D eigenvalue weighted by molar-refractivity contribution is 5.82. The van der Waals surface area contributed by atoms with Crippen molar-refractivity contribution >= 4 is 16.9 Å². The Bertz CT molecular complexity index is 1180. The first-order valence-electron chi connectivity index (χ1n) is 12.6. The molecule has 0 atom stereocenters. The quantitative estimate of drug-likeness (QED) is 0.197. The Balaban J connectivity index is 1.39. The zero-order valence-electron chi connectivity index (χ0n) is 21.4. The van der Waals surface area contributed by atoms with Crippen LogP contribution >= 0.6 is 0 Å². The molecule has 35 heavy (non-hydrogen) atoms. The van der Waals surface area contributed by atoms with Crippen molar-refractivity contribution in [2.45, 2.75) is 72.6 Å². The lowest BCUT2D eigenvalue weighted by Gasteiger charge is -2.20. The van der Waals surface area contributed by atoms with Gasteiger partial charge in [-0.2, -0.15) is 0 Å². The Kier molecular flexibility index (Phi) is 9.47.